The summed E-state index contributed by atoms with van der Waals surface area (Å²) in [6.45, 7) is 0. The third-order valence-electron chi connectivity index (χ3n) is 3.96. The number of Topliss-reactive ketones (excluding diaryl/α,β-unsaturated/α-hetero) is 1. The third-order valence-corrected chi connectivity index (χ3v) is 5.24. The van der Waals surface area contributed by atoms with Gasteiger partial charge in [0.15, 0.2) is 5.78 Å². The van der Waals surface area contributed by atoms with Gasteiger partial charge in [-0.2, -0.15) is 0 Å². The number of nitrogens with one attached hydrogen (secondary N) is 1. The van der Waals surface area contributed by atoms with Gasteiger partial charge in [-0.15, -0.1) is 0 Å². The zero-order chi connectivity index (χ0) is 14.1. The van der Waals surface area contributed by atoms with Crippen LogP contribution in [0.5, 0.6) is 0 Å². The Kier molecular flexibility index (Phi) is 4.13. The molecular formula is C15H16BrClN2O. The van der Waals surface area contributed by atoms with Gasteiger partial charge in [0.2, 0.25) is 0 Å². The number of ketones is 1. The summed E-state index contributed by atoms with van der Waals surface area (Å²) in [6.07, 6.45) is 7.83. The molecule has 5 heteroatoms. The molecule has 0 saturated heterocycles. The minimum atomic E-state index is -0.376. The van der Waals surface area contributed by atoms with Crippen LogP contribution in [0, 0.1) is 0 Å². The molecule has 1 fully saturated rings. The van der Waals surface area contributed by atoms with Gasteiger partial charge < -0.3 is 5.32 Å². The summed E-state index contributed by atoms with van der Waals surface area (Å²) in [5.74, 6) is 0.00543. The van der Waals surface area contributed by atoms with Gasteiger partial charge in [0, 0.05) is 22.4 Å². The van der Waals surface area contributed by atoms with E-state index in [4.69, 9.17) is 11.6 Å². The van der Waals surface area contributed by atoms with Crippen LogP contribution in [0.25, 0.3) is 0 Å². The molecule has 0 radical (unpaired) electrons. The van der Waals surface area contributed by atoms with Crippen molar-refractivity contribution in [2.24, 2.45) is 4.99 Å². The van der Waals surface area contributed by atoms with E-state index in [0.717, 1.165) is 23.0 Å². The van der Waals surface area contributed by atoms with Crippen LogP contribution >= 0.6 is 27.5 Å². The summed E-state index contributed by atoms with van der Waals surface area (Å²) in [5.41, 5.74) is 1.37. The van der Waals surface area contributed by atoms with Gasteiger partial charge in [-0.25, -0.2) is 0 Å². The van der Waals surface area contributed by atoms with Crippen molar-refractivity contribution in [1.29, 1.82) is 0 Å². The molecule has 1 aromatic carbocycles. The average molecular weight is 356 g/mol. The van der Waals surface area contributed by atoms with E-state index in [2.05, 4.69) is 26.2 Å². The van der Waals surface area contributed by atoms with Gasteiger partial charge in [-0.3, -0.25) is 9.79 Å². The molecular weight excluding hydrogens is 340 g/mol. The van der Waals surface area contributed by atoms with Crippen molar-refractivity contribution in [2.45, 2.75) is 44.2 Å². The summed E-state index contributed by atoms with van der Waals surface area (Å²) in [7, 11) is 0. The lowest BCUT2D eigenvalue weighted by Gasteiger charge is -2.17. The van der Waals surface area contributed by atoms with Crippen LogP contribution in [0.15, 0.2) is 21.6 Å². The fourth-order valence-corrected chi connectivity index (χ4v) is 3.43. The number of benzene rings is 1. The monoisotopic (exact) mass is 354 g/mol. The number of rotatable bonds is 2. The summed E-state index contributed by atoms with van der Waals surface area (Å²) in [4.78, 5) is 17.0. The van der Waals surface area contributed by atoms with E-state index in [0.29, 0.717) is 16.6 Å². The number of nitrogens with zero attached hydrogens (tertiary/aromatic N) is 1. The normalized spacial score (nSPS) is 23.1. The second-order valence-corrected chi connectivity index (χ2v) is 6.59. The molecule has 20 heavy (non-hydrogen) atoms. The topological polar surface area (TPSA) is 41.5 Å². The highest BCUT2D eigenvalue weighted by atomic mass is 79.9. The molecule has 3 nitrogen and oxygen atoms in total. The first-order chi connectivity index (χ1) is 9.66. The van der Waals surface area contributed by atoms with E-state index in [1.54, 1.807) is 6.21 Å². The van der Waals surface area contributed by atoms with Gasteiger partial charge in [-0.05, 0) is 40.9 Å². The Hall–Kier alpha value is -0.870. The second kappa shape index (κ2) is 5.86. The van der Waals surface area contributed by atoms with Crippen molar-refractivity contribution in [3.63, 3.8) is 0 Å². The Morgan fingerprint density at radius 2 is 2.05 bits per heavy atom. The highest BCUT2D eigenvalue weighted by molar-refractivity contribution is 9.10. The van der Waals surface area contributed by atoms with Crippen LogP contribution in [0.4, 0.5) is 5.69 Å². The number of halogens is 2. The maximum atomic E-state index is 12.4. The molecule has 1 saturated carbocycles. The van der Waals surface area contributed by atoms with E-state index in [1.807, 2.05) is 12.1 Å². The summed E-state index contributed by atoms with van der Waals surface area (Å²) in [6, 6.07) is 3.72. The van der Waals surface area contributed by atoms with Gasteiger partial charge in [0.25, 0.3) is 0 Å². The van der Waals surface area contributed by atoms with Crippen LogP contribution < -0.4 is 5.32 Å². The lowest BCUT2D eigenvalue weighted by atomic mass is 9.96. The number of anilines is 1. The smallest absolute Gasteiger partial charge is 0.194 e. The lowest BCUT2D eigenvalue weighted by molar-refractivity contribution is 0.1000. The fraction of sp³-hybridized carbons (Fsp3) is 0.467. The Labute approximate surface area is 131 Å². The maximum Gasteiger partial charge on any atom is 0.194 e. The fourth-order valence-electron chi connectivity index (χ4n) is 2.84. The molecule has 106 valence electrons. The van der Waals surface area contributed by atoms with Gasteiger partial charge in [-0.1, -0.05) is 30.9 Å². The molecule has 1 atom stereocenters. The van der Waals surface area contributed by atoms with Crippen molar-refractivity contribution < 1.29 is 4.79 Å². The van der Waals surface area contributed by atoms with Crippen molar-refractivity contribution >= 4 is 45.2 Å². The molecule has 1 aliphatic carbocycles. The molecule has 0 amide bonds. The minimum absolute atomic E-state index is 0.00543. The van der Waals surface area contributed by atoms with Crippen LogP contribution in [0.2, 0.25) is 5.02 Å². The zero-order valence-electron chi connectivity index (χ0n) is 11.0. The first kappa shape index (κ1) is 14.1. The first-order valence-corrected chi connectivity index (χ1v) is 8.16. The Balaban J connectivity index is 1.76. The zero-order valence-corrected chi connectivity index (χ0v) is 13.4. The summed E-state index contributed by atoms with van der Waals surface area (Å²) >= 11 is 9.55. The summed E-state index contributed by atoms with van der Waals surface area (Å²) < 4.78 is 0.748. The molecule has 0 bridgehead atoms. The molecule has 2 aliphatic rings. The Bertz CT molecular complexity index is 567. The standard InChI is InChI=1S/C15H16BrClN2O/c16-10-6-7-11-13(14(10)17)15(20)12(19-11)8-18-9-4-2-1-3-5-9/h6-9,12,19H,1-5H2/t12-/m0/s1. The first-order valence-electron chi connectivity index (χ1n) is 6.99. The summed E-state index contributed by atoms with van der Waals surface area (Å²) in [5, 5.41) is 3.67. The molecule has 1 aliphatic heterocycles. The van der Waals surface area contributed by atoms with E-state index in [-0.39, 0.29) is 11.8 Å². The van der Waals surface area contributed by atoms with E-state index in [9.17, 15) is 4.79 Å². The molecule has 0 unspecified atom stereocenters. The molecule has 1 N–H and O–H groups in total. The van der Waals surface area contributed by atoms with E-state index in [1.165, 1.54) is 19.3 Å². The van der Waals surface area contributed by atoms with Crippen LogP contribution in [-0.2, 0) is 0 Å². The molecule has 1 aromatic rings. The average Bonchev–Trinajstić information content (AvgIpc) is 2.79. The van der Waals surface area contributed by atoms with Crippen LogP contribution in [0.3, 0.4) is 0 Å². The predicted molar refractivity (Wildman–Crippen MR) is 86.3 cm³/mol. The highest BCUT2D eigenvalue weighted by Gasteiger charge is 2.31. The Morgan fingerprint density at radius 1 is 1.30 bits per heavy atom. The van der Waals surface area contributed by atoms with Crippen molar-refractivity contribution in [2.75, 3.05) is 5.32 Å². The molecule has 3 rings (SSSR count). The third kappa shape index (κ3) is 2.63. The lowest BCUT2D eigenvalue weighted by Crippen LogP contribution is -2.25. The minimum Gasteiger partial charge on any atom is -0.370 e. The van der Waals surface area contributed by atoms with Crippen molar-refractivity contribution in [1.82, 2.24) is 0 Å². The molecule has 1 heterocycles. The second-order valence-electron chi connectivity index (χ2n) is 5.36. The molecule has 0 aromatic heterocycles. The number of hydrogen-bond donors (Lipinski definition) is 1. The number of carbonyl (C=O) groups excluding carboxylic acids is 1. The van der Waals surface area contributed by atoms with Crippen LogP contribution in [-0.4, -0.2) is 24.1 Å². The number of fused-ring (bicyclic) bond motifs is 1. The predicted octanol–water partition coefficient (Wildman–Crippen LogP) is 4.48. The SMILES string of the molecule is O=C1c2c(ccc(Br)c2Cl)N[C@H]1C=NC1CCCCC1. The highest BCUT2D eigenvalue weighted by Crippen LogP contribution is 2.36. The largest absolute Gasteiger partial charge is 0.370 e. The number of hydrogen-bond acceptors (Lipinski definition) is 3. The van der Waals surface area contributed by atoms with Crippen molar-refractivity contribution in [3.8, 4) is 0 Å². The molecule has 0 spiro atoms. The maximum absolute atomic E-state index is 12.4. The van der Waals surface area contributed by atoms with Gasteiger partial charge in [0.05, 0.1) is 10.6 Å². The van der Waals surface area contributed by atoms with E-state index >= 15 is 0 Å². The quantitative estimate of drug-likeness (QED) is 0.795. The Morgan fingerprint density at radius 3 is 2.80 bits per heavy atom. The van der Waals surface area contributed by atoms with Gasteiger partial charge >= 0.3 is 0 Å². The van der Waals surface area contributed by atoms with Gasteiger partial charge in [0.1, 0.15) is 6.04 Å². The van der Waals surface area contributed by atoms with Crippen LogP contribution in [0.1, 0.15) is 42.5 Å². The van der Waals surface area contributed by atoms with E-state index < -0.39 is 0 Å². The van der Waals surface area contributed by atoms with Crippen molar-refractivity contribution in [3.05, 3.63) is 27.2 Å². The number of carbonyl (C=O) groups is 1. The number of aliphatic imine (C=N–C) groups is 1.